The van der Waals surface area contributed by atoms with Crippen molar-refractivity contribution >= 4 is 17.5 Å². The molecule has 1 N–H and O–H groups in total. The number of carbonyl (C=O) groups is 2. The molecule has 2 fully saturated rings. The van der Waals surface area contributed by atoms with Gasteiger partial charge in [-0.15, -0.1) is 0 Å². The zero-order valence-electron chi connectivity index (χ0n) is 17.8. The summed E-state index contributed by atoms with van der Waals surface area (Å²) in [6.45, 7) is 5.18. The lowest BCUT2D eigenvalue weighted by Crippen LogP contribution is -2.55. The minimum atomic E-state index is -0.278. The molecular formula is C24H29N3O4. The Morgan fingerprint density at radius 1 is 1.00 bits per heavy atom. The highest BCUT2D eigenvalue weighted by atomic mass is 16.5. The maximum Gasteiger partial charge on any atom is 0.251 e. The molecular weight excluding hydrogens is 394 g/mol. The number of ether oxygens (including phenoxy) is 2. The van der Waals surface area contributed by atoms with Crippen LogP contribution in [0.25, 0.3) is 0 Å². The van der Waals surface area contributed by atoms with E-state index >= 15 is 0 Å². The number of benzene rings is 2. The van der Waals surface area contributed by atoms with E-state index in [0.717, 1.165) is 24.3 Å². The molecule has 2 aliphatic heterocycles. The highest BCUT2D eigenvalue weighted by molar-refractivity contribution is 5.94. The van der Waals surface area contributed by atoms with Crippen LogP contribution in [0.5, 0.6) is 11.5 Å². The second-order valence-electron chi connectivity index (χ2n) is 7.97. The Labute approximate surface area is 182 Å². The van der Waals surface area contributed by atoms with Crippen molar-refractivity contribution in [1.82, 2.24) is 9.80 Å². The number of nitrogens with one attached hydrogen (secondary N) is 1. The second-order valence-corrected chi connectivity index (χ2v) is 7.97. The number of para-hydroxylation sites is 1. The van der Waals surface area contributed by atoms with Crippen LogP contribution in [0.4, 0.5) is 5.69 Å². The summed E-state index contributed by atoms with van der Waals surface area (Å²) in [4.78, 5) is 29.2. The van der Waals surface area contributed by atoms with Crippen LogP contribution in [0.3, 0.4) is 0 Å². The normalized spacial score (nSPS) is 20.3. The van der Waals surface area contributed by atoms with Crippen LogP contribution in [0, 0.1) is 0 Å². The lowest BCUT2D eigenvalue weighted by molar-refractivity contribution is -0.143. The van der Waals surface area contributed by atoms with E-state index in [0.29, 0.717) is 38.5 Å². The first kappa shape index (κ1) is 21.3. The molecule has 0 spiro atoms. The van der Waals surface area contributed by atoms with Gasteiger partial charge in [0.05, 0.1) is 6.04 Å². The fourth-order valence-corrected chi connectivity index (χ4v) is 3.95. The smallest absolute Gasteiger partial charge is 0.251 e. The Bertz CT molecular complexity index is 873. The lowest BCUT2D eigenvalue weighted by atomic mass is 10.1. The van der Waals surface area contributed by atoms with Gasteiger partial charge in [-0.1, -0.05) is 18.2 Å². The lowest BCUT2D eigenvalue weighted by Gasteiger charge is -2.38. The third kappa shape index (κ3) is 5.42. The van der Waals surface area contributed by atoms with Crippen molar-refractivity contribution in [2.75, 3.05) is 38.1 Å². The Kier molecular flexibility index (Phi) is 6.84. The third-order valence-electron chi connectivity index (χ3n) is 5.86. The molecule has 4 rings (SSSR count). The summed E-state index contributed by atoms with van der Waals surface area (Å²) in [7, 11) is 0. The summed E-state index contributed by atoms with van der Waals surface area (Å²) in [6, 6.07) is 16.6. The summed E-state index contributed by atoms with van der Waals surface area (Å²) in [5.74, 6) is 1.51. The van der Waals surface area contributed by atoms with Gasteiger partial charge in [0.1, 0.15) is 17.6 Å². The highest BCUT2D eigenvalue weighted by Crippen LogP contribution is 2.23. The van der Waals surface area contributed by atoms with Gasteiger partial charge in [-0.05, 0) is 56.2 Å². The number of rotatable bonds is 6. The Hall–Kier alpha value is -2.90. The summed E-state index contributed by atoms with van der Waals surface area (Å²) < 4.78 is 11.3. The number of hydrogen-bond donors (Lipinski definition) is 1. The minimum Gasteiger partial charge on any atom is -0.457 e. The van der Waals surface area contributed by atoms with E-state index in [1.165, 1.54) is 0 Å². The van der Waals surface area contributed by atoms with Crippen LogP contribution in [-0.4, -0.2) is 66.5 Å². The number of hydrogen-bond acceptors (Lipinski definition) is 5. The molecule has 2 atom stereocenters. The van der Waals surface area contributed by atoms with Crippen molar-refractivity contribution < 1.29 is 19.1 Å². The van der Waals surface area contributed by atoms with Crippen LogP contribution >= 0.6 is 0 Å². The molecule has 2 aromatic rings. The van der Waals surface area contributed by atoms with E-state index in [1.54, 1.807) is 0 Å². The van der Waals surface area contributed by atoms with Gasteiger partial charge in [-0.2, -0.15) is 0 Å². The van der Waals surface area contributed by atoms with Gasteiger partial charge in [-0.25, -0.2) is 0 Å². The molecule has 2 amide bonds. The molecule has 2 aromatic carbocycles. The highest BCUT2D eigenvalue weighted by Gasteiger charge is 2.32. The average Bonchev–Trinajstić information content (AvgIpc) is 3.35. The summed E-state index contributed by atoms with van der Waals surface area (Å²) >= 11 is 0. The van der Waals surface area contributed by atoms with Gasteiger partial charge in [0.15, 0.2) is 0 Å². The number of amides is 2. The molecule has 2 aliphatic rings. The largest absolute Gasteiger partial charge is 0.457 e. The maximum atomic E-state index is 12.7. The number of nitrogens with zero attached hydrogens (tertiary/aromatic N) is 2. The molecule has 0 aromatic heterocycles. The standard InChI is InChI=1S/C24H29N3O4/c1-18(26-13-15-27(16-14-26)24(29)22-8-5-17-30-22)23(28)25-19-9-11-21(12-10-19)31-20-6-3-2-4-7-20/h2-4,6-7,9-12,18,22H,5,8,13-17H2,1H3,(H,25,28). The zero-order chi connectivity index (χ0) is 21.6. The predicted octanol–water partition coefficient (Wildman–Crippen LogP) is 3.13. The predicted molar refractivity (Wildman–Crippen MR) is 118 cm³/mol. The molecule has 0 radical (unpaired) electrons. The van der Waals surface area contributed by atoms with Gasteiger partial charge >= 0.3 is 0 Å². The van der Waals surface area contributed by atoms with Gasteiger partial charge in [-0.3, -0.25) is 14.5 Å². The molecule has 0 bridgehead atoms. The molecule has 2 saturated heterocycles. The first-order valence-corrected chi connectivity index (χ1v) is 10.9. The van der Waals surface area contributed by atoms with Crippen molar-refractivity contribution in [2.45, 2.75) is 31.9 Å². The molecule has 0 aliphatic carbocycles. The van der Waals surface area contributed by atoms with Crippen LogP contribution in [-0.2, 0) is 14.3 Å². The van der Waals surface area contributed by atoms with Crippen molar-refractivity contribution in [1.29, 1.82) is 0 Å². The molecule has 2 unspecified atom stereocenters. The fourth-order valence-electron chi connectivity index (χ4n) is 3.95. The first-order valence-electron chi connectivity index (χ1n) is 10.9. The quantitative estimate of drug-likeness (QED) is 0.773. The van der Waals surface area contributed by atoms with Gasteiger partial charge in [0.2, 0.25) is 5.91 Å². The van der Waals surface area contributed by atoms with Gasteiger partial charge in [0.25, 0.3) is 5.91 Å². The maximum absolute atomic E-state index is 12.7. The molecule has 31 heavy (non-hydrogen) atoms. The molecule has 0 saturated carbocycles. The summed E-state index contributed by atoms with van der Waals surface area (Å²) in [5.41, 5.74) is 0.726. The van der Waals surface area contributed by atoms with Crippen molar-refractivity contribution in [3.63, 3.8) is 0 Å². The SMILES string of the molecule is CC(C(=O)Nc1ccc(Oc2ccccc2)cc1)N1CCN(C(=O)C2CCCO2)CC1. The Balaban J connectivity index is 1.25. The van der Waals surface area contributed by atoms with E-state index in [4.69, 9.17) is 9.47 Å². The summed E-state index contributed by atoms with van der Waals surface area (Å²) in [5, 5.41) is 2.97. The third-order valence-corrected chi connectivity index (χ3v) is 5.86. The van der Waals surface area contributed by atoms with E-state index in [2.05, 4.69) is 10.2 Å². The number of piperazine rings is 1. The van der Waals surface area contributed by atoms with Crippen LogP contribution < -0.4 is 10.1 Å². The number of carbonyl (C=O) groups excluding carboxylic acids is 2. The van der Waals surface area contributed by atoms with Crippen molar-refractivity contribution in [3.05, 3.63) is 54.6 Å². The fraction of sp³-hybridized carbons (Fsp3) is 0.417. The topological polar surface area (TPSA) is 71.1 Å². The molecule has 7 nitrogen and oxygen atoms in total. The monoisotopic (exact) mass is 423 g/mol. The second kappa shape index (κ2) is 9.94. The van der Waals surface area contributed by atoms with E-state index in [-0.39, 0.29) is 24.0 Å². The molecule has 164 valence electrons. The van der Waals surface area contributed by atoms with Gasteiger partial charge < -0.3 is 19.7 Å². The molecule has 7 heteroatoms. The Morgan fingerprint density at radius 3 is 2.32 bits per heavy atom. The zero-order valence-corrected chi connectivity index (χ0v) is 17.8. The van der Waals surface area contributed by atoms with E-state index in [1.807, 2.05) is 66.4 Å². The van der Waals surface area contributed by atoms with Gasteiger partial charge in [0, 0.05) is 38.5 Å². The Morgan fingerprint density at radius 2 is 1.68 bits per heavy atom. The summed E-state index contributed by atoms with van der Waals surface area (Å²) in [6.07, 6.45) is 1.49. The van der Waals surface area contributed by atoms with Crippen LogP contribution in [0.2, 0.25) is 0 Å². The molecule has 2 heterocycles. The van der Waals surface area contributed by atoms with Crippen molar-refractivity contribution in [2.24, 2.45) is 0 Å². The van der Waals surface area contributed by atoms with Crippen LogP contribution in [0.1, 0.15) is 19.8 Å². The number of anilines is 1. The van der Waals surface area contributed by atoms with E-state index < -0.39 is 0 Å². The first-order chi connectivity index (χ1) is 15.1. The minimum absolute atomic E-state index is 0.0596. The van der Waals surface area contributed by atoms with E-state index in [9.17, 15) is 9.59 Å². The van der Waals surface area contributed by atoms with Crippen molar-refractivity contribution in [3.8, 4) is 11.5 Å². The average molecular weight is 424 g/mol. The van der Waals surface area contributed by atoms with Crippen LogP contribution in [0.15, 0.2) is 54.6 Å².